The van der Waals surface area contributed by atoms with Crippen molar-refractivity contribution >= 4 is 11.9 Å². The van der Waals surface area contributed by atoms with Gasteiger partial charge in [-0.1, -0.05) is 0 Å². The van der Waals surface area contributed by atoms with Crippen LogP contribution in [-0.4, -0.2) is 60.3 Å². The van der Waals surface area contributed by atoms with Crippen LogP contribution in [0.2, 0.25) is 0 Å². The largest absolute Gasteiger partial charge is 0.481 e. The number of carbonyl (C=O) groups is 2. The molecule has 124 valence electrons. The van der Waals surface area contributed by atoms with Crippen molar-refractivity contribution in [3.63, 3.8) is 0 Å². The lowest BCUT2D eigenvalue weighted by molar-refractivity contribution is -0.137. The number of aliphatic carboxylic acids is 1. The fourth-order valence-electron chi connectivity index (χ4n) is 1.81. The molecule has 0 aliphatic rings. The van der Waals surface area contributed by atoms with Gasteiger partial charge in [0.2, 0.25) is 5.91 Å². The highest BCUT2D eigenvalue weighted by Crippen LogP contribution is 2.01. The molecule has 0 atom stereocenters. The van der Waals surface area contributed by atoms with Crippen LogP contribution in [0.25, 0.3) is 0 Å². The Morgan fingerprint density at radius 1 is 1.19 bits per heavy atom. The molecule has 0 aromatic carbocycles. The standard InChI is InChI=1S/C15H30N2O4/c1-12(2)17(9-5-7-15(19)20)11-14(18)16-8-6-10-21-13(3)4/h12-13H,5-11H2,1-4H3,(H,16,18)(H,19,20). The van der Waals surface area contributed by atoms with Gasteiger partial charge in [-0.15, -0.1) is 0 Å². The highest BCUT2D eigenvalue weighted by Gasteiger charge is 2.14. The van der Waals surface area contributed by atoms with Crippen molar-refractivity contribution in [2.75, 3.05) is 26.2 Å². The van der Waals surface area contributed by atoms with Gasteiger partial charge in [0, 0.05) is 25.6 Å². The minimum Gasteiger partial charge on any atom is -0.481 e. The molecule has 0 unspecified atom stereocenters. The van der Waals surface area contributed by atoms with Gasteiger partial charge < -0.3 is 15.2 Å². The number of rotatable bonds is 12. The lowest BCUT2D eigenvalue weighted by atomic mass is 10.2. The molecule has 0 aliphatic carbocycles. The van der Waals surface area contributed by atoms with Crippen molar-refractivity contribution in [2.24, 2.45) is 0 Å². The van der Waals surface area contributed by atoms with Crippen LogP contribution in [0.5, 0.6) is 0 Å². The van der Waals surface area contributed by atoms with E-state index in [1.165, 1.54) is 0 Å². The Hall–Kier alpha value is -1.14. The van der Waals surface area contributed by atoms with Gasteiger partial charge in [0.1, 0.15) is 0 Å². The molecule has 1 amide bonds. The molecule has 0 bridgehead atoms. The van der Waals surface area contributed by atoms with Crippen LogP contribution in [0.3, 0.4) is 0 Å². The van der Waals surface area contributed by atoms with Crippen LogP contribution in [0.4, 0.5) is 0 Å². The molecule has 0 radical (unpaired) electrons. The lowest BCUT2D eigenvalue weighted by Crippen LogP contribution is -2.41. The fraction of sp³-hybridized carbons (Fsp3) is 0.867. The van der Waals surface area contributed by atoms with E-state index in [0.717, 1.165) is 6.42 Å². The van der Waals surface area contributed by atoms with Crippen LogP contribution in [-0.2, 0) is 14.3 Å². The Morgan fingerprint density at radius 2 is 1.86 bits per heavy atom. The molecular formula is C15H30N2O4. The van der Waals surface area contributed by atoms with Crippen LogP contribution in [0, 0.1) is 0 Å². The summed E-state index contributed by atoms with van der Waals surface area (Å²) in [6.07, 6.45) is 1.71. The average Bonchev–Trinajstić information content (AvgIpc) is 2.36. The summed E-state index contributed by atoms with van der Waals surface area (Å²) in [6.45, 7) is 10.1. The molecule has 0 aliphatic heterocycles. The molecule has 6 heteroatoms. The molecule has 21 heavy (non-hydrogen) atoms. The summed E-state index contributed by atoms with van der Waals surface area (Å²) in [5, 5.41) is 11.5. The predicted molar refractivity (Wildman–Crippen MR) is 82.3 cm³/mol. The molecule has 0 saturated carbocycles. The first-order valence-electron chi connectivity index (χ1n) is 7.67. The number of amides is 1. The van der Waals surface area contributed by atoms with Crippen molar-refractivity contribution in [2.45, 2.75) is 59.1 Å². The fourth-order valence-corrected chi connectivity index (χ4v) is 1.81. The van der Waals surface area contributed by atoms with Crippen molar-refractivity contribution in [3.8, 4) is 0 Å². The smallest absolute Gasteiger partial charge is 0.303 e. The topological polar surface area (TPSA) is 78.9 Å². The second-order valence-electron chi connectivity index (χ2n) is 5.68. The first kappa shape index (κ1) is 19.9. The molecule has 0 aromatic rings. The lowest BCUT2D eigenvalue weighted by Gasteiger charge is -2.25. The van der Waals surface area contributed by atoms with Crippen LogP contribution < -0.4 is 5.32 Å². The van der Waals surface area contributed by atoms with E-state index in [1.54, 1.807) is 0 Å². The maximum Gasteiger partial charge on any atom is 0.303 e. The molecule has 0 fully saturated rings. The Balaban J connectivity index is 3.87. The summed E-state index contributed by atoms with van der Waals surface area (Å²) < 4.78 is 5.40. The maximum absolute atomic E-state index is 11.8. The molecule has 0 rings (SSSR count). The highest BCUT2D eigenvalue weighted by atomic mass is 16.5. The van der Waals surface area contributed by atoms with Crippen molar-refractivity contribution in [3.05, 3.63) is 0 Å². The normalized spacial score (nSPS) is 11.4. The first-order valence-corrected chi connectivity index (χ1v) is 7.67. The minimum atomic E-state index is -0.798. The van der Waals surface area contributed by atoms with Crippen LogP contribution >= 0.6 is 0 Å². The zero-order chi connectivity index (χ0) is 16.3. The van der Waals surface area contributed by atoms with Gasteiger partial charge in [-0.3, -0.25) is 14.5 Å². The van der Waals surface area contributed by atoms with Gasteiger partial charge in [0.05, 0.1) is 12.6 Å². The molecule has 0 spiro atoms. The summed E-state index contributed by atoms with van der Waals surface area (Å²) in [4.78, 5) is 24.3. The summed E-state index contributed by atoms with van der Waals surface area (Å²) in [5.74, 6) is -0.822. The first-order chi connectivity index (χ1) is 9.82. The monoisotopic (exact) mass is 302 g/mol. The summed E-state index contributed by atoms with van der Waals surface area (Å²) in [5.41, 5.74) is 0. The van der Waals surface area contributed by atoms with Crippen LogP contribution in [0.1, 0.15) is 47.0 Å². The molecule has 0 heterocycles. The molecule has 0 aromatic heterocycles. The predicted octanol–water partition coefficient (Wildman–Crippen LogP) is 1.49. The summed E-state index contributed by atoms with van der Waals surface area (Å²) in [7, 11) is 0. The van der Waals surface area contributed by atoms with E-state index >= 15 is 0 Å². The van der Waals surface area contributed by atoms with Gasteiger partial charge in [0.15, 0.2) is 0 Å². The number of carbonyl (C=O) groups excluding carboxylic acids is 1. The van der Waals surface area contributed by atoms with E-state index in [9.17, 15) is 9.59 Å². The third kappa shape index (κ3) is 12.3. The van der Waals surface area contributed by atoms with Gasteiger partial charge in [0.25, 0.3) is 0 Å². The molecule has 2 N–H and O–H groups in total. The van der Waals surface area contributed by atoms with E-state index in [0.29, 0.717) is 32.7 Å². The Labute approximate surface area is 127 Å². The molecular weight excluding hydrogens is 272 g/mol. The van der Waals surface area contributed by atoms with Gasteiger partial charge >= 0.3 is 5.97 Å². The third-order valence-electron chi connectivity index (χ3n) is 3.01. The van der Waals surface area contributed by atoms with E-state index in [-0.39, 0.29) is 24.5 Å². The number of hydrogen-bond acceptors (Lipinski definition) is 4. The second kappa shape index (κ2) is 11.5. The Morgan fingerprint density at radius 3 is 2.38 bits per heavy atom. The number of carboxylic acid groups (broad SMARTS) is 1. The summed E-state index contributed by atoms with van der Waals surface area (Å²) in [6, 6.07) is 0.216. The number of hydrogen-bond donors (Lipinski definition) is 2. The molecule has 6 nitrogen and oxygen atoms in total. The number of carboxylic acids is 1. The number of nitrogens with zero attached hydrogens (tertiary/aromatic N) is 1. The SMILES string of the molecule is CC(C)OCCCNC(=O)CN(CCCC(=O)O)C(C)C. The number of ether oxygens (including phenoxy) is 1. The van der Waals surface area contributed by atoms with Crippen molar-refractivity contribution in [1.29, 1.82) is 0 Å². The Kier molecular flexibility index (Phi) is 10.9. The summed E-state index contributed by atoms with van der Waals surface area (Å²) >= 11 is 0. The zero-order valence-corrected chi connectivity index (χ0v) is 13.7. The van der Waals surface area contributed by atoms with Crippen LogP contribution in [0.15, 0.2) is 0 Å². The zero-order valence-electron chi connectivity index (χ0n) is 13.7. The Bertz CT molecular complexity index is 306. The minimum absolute atomic E-state index is 0.0245. The van der Waals surface area contributed by atoms with E-state index in [4.69, 9.17) is 9.84 Å². The maximum atomic E-state index is 11.8. The van der Waals surface area contributed by atoms with Gasteiger partial charge in [-0.2, -0.15) is 0 Å². The van der Waals surface area contributed by atoms with Crippen molar-refractivity contribution in [1.82, 2.24) is 10.2 Å². The van der Waals surface area contributed by atoms with E-state index in [1.807, 2.05) is 32.6 Å². The van der Waals surface area contributed by atoms with Gasteiger partial charge in [-0.25, -0.2) is 0 Å². The van der Waals surface area contributed by atoms with E-state index < -0.39 is 5.97 Å². The third-order valence-corrected chi connectivity index (χ3v) is 3.01. The highest BCUT2D eigenvalue weighted by molar-refractivity contribution is 5.78. The quantitative estimate of drug-likeness (QED) is 0.534. The van der Waals surface area contributed by atoms with Crippen molar-refractivity contribution < 1.29 is 19.4 Å². The molecule has 0 saturated heterocycles. The second-order valence-corrected chi connectivity index (χ2v) is 5.68. The average molecular weight is 302 g/mol. The number of nitrogens with one attached hydrogen (secondary N) is 1. The van der Waals surface area contributed by atoms with E-state index in [2.05, 4.69) is 5.32 Å². The van der Waals surface area contributed by atoms with Gasteiger partial charge in [-0.05, 0) is 47.1 Å².